The molecule has 0 amide bonds. The molecule has 0 saturated heterocycles. The van der Waals surface area contributed by atoms with Gasteiger partial charge < -0.3 is 9.32 Å². The number of hydrogen-bond donors (Lipinski definition) is 0. The highest BCUT2D eigenvalue weighted by Gasteiger charge is 2.36. The van der Waals surface area contributed by atoms with Crippen LogP contribution in [0.2, 0.25) is 0 Å². The summed E-state index contributed by atoms with van der Waals surface area (Å²) < 4.78 is 6.59. The number of benzene rings is 10. The number of anilines is 3. The van der Waals surface area contributed by atoms with Crippen LogP contribution in [-0.2, 0) is 5.41 Å². The summed E-state index contributed by atoms with van der Waals surface area (Å²) in [5.74, 6) is 0. The number of para-hydroxylation sites is 1. The predicted molar refractivity (Wildman–Crippen MR) is 249 cm³/mol. The van der Waals surface area contributed by atoms with E-state index in [4.69, 9.17) is 4.42 Å². The molecule has 12 rings (SSSR count). The Morgan fingerprint density at radius 2 is 1.02 bits per heavy atom. The van der Waals surface area contributed by atoms with Gasteiger partial charge in [0, 0.05) is 39.2 Å². The Morgan fingerprint density at radius 3 is 1.90 bits per heavy atom. The van der Waals surface area contributed by atoms with Crippen molar-refractivity contribution in [2.24, 2.45) is 0 Å². The zero-order valence-electron chi connectivity index (χ0n) is 32.9. The summed E-state index contributed by atoms with van der Waals surface area (Å²) in [4.78, 5) is 2.47. The molecule has 0 radical (unpaired) electrons. The minimum Gasteiger partial charge on any atom is -0.456 e. The maximum Gasteiger partial charge on any atom is 0.137 e. The van der Waals surface area contributed by atoms with Crippen molar-refractivity contribution in [1.82, 2.24) is 0 Å². The summed E-state index contributed by atoms with van der Waals surface area (Å²) in [6, 6.07) is 73.5. The van der Waals surface area contributed by atoms with Crippen molar-refractivity contribution in [3.8, 4) is 33.4 Å². The molecule has 278 valence electrons. The van der Waals surface area contributed by atoms with Crippen molar-refractivity contribution >= 4 is 71.3 Å². The Labute approximate surface area is 343 Å². The van der Waals surface area contributed by atoms with E-state index < -0.39 is 0 Å². The van der Waals surface area contributed by atoms with Crippen LogP contribution < -0.4 is 4.90 Å². The van der Waals surface area contributed by atoms with Gasteiger partial charge in [-0.05, 0) is 120 Å². The zero-order valence-corrected chi connectivity index (χ0v) is 32.9. The number of fused-ring (bicyclic) bond motifs is 10. The van der Waals surface area contributed by atoms with Gasteiger partial charge in [-0.15, -0.1) is 0 Å². The van der Waals surface area contributed by atoms with E-state index in [1.165, 1.54) is 76.8 Å². The van der Waals surface area contributed by atoms with Crippen LogP contribution in [0.3, 0.4) is 0 Å². The Kier molecular flexibility index (Phi) is 7.31. The van der Waals surface area contributed by atoms with Crippen molar-refractivity contribution in [2.75, 3.05) is 4.90 Å². The third-order valence-electron chi connectivity index (χ3n) is 12.8. The monoisotopic (exact) mass is 753 g/mol. The van der Waals surface area contributed by atoms with Crippen LogP contribution in [-0.4, -0.2) is 0 Å². The molecule has 1 aromatic heterocycles. The number of rotatable bonds is 5. The summed E-state index contributed by atoms with van der Waals surface area (Å²) in [7, 11) is 0. The van der Waals surface area contributed by atoms with Gasteiger partial charge in [-0.25, -0.2) is 0 Å². The second-order valence-electron chi connectivity index (χ2n) is 16.5. The van der Waals surface area contributed by atoms with Crippen LogP contribution in [0.1, 0.15) is 25.0 Å². The molecule has 2 nitrogen and oxygen atoms in total. The van der Waals surface area contributed by atoms with E-state index in [1.807, 2.05) is 6.07 Å². The second kappa shape index (κ2) is 12.8. The van der Waals surface area contributed by atoms with Crippen molar-refractivity contribution in [3.63, 3.8) is 0 Å². The lowest BCUT2D eigenvalue weighted by atomic mass is 9.82. The van der Waals surface area contributed by atoms with E-state index in [9.17, 15) is 0 Å². The lowest BCUT2D eigenvalue weighted by Crippen LogP contribution is -2.17. The maximum atomic E-state index is 6.59. The second-order valence-corrected chi connectivity index (χ2v) is 16.5. The summed E-state index contributed by atoms with van der Waals surface area (Å²) in [5, 5.41) is 9.62. The minimum atomic E-state index is -0.166. The van der Waals surface area contributed by atoms with Crippen LogP contribution in [0, 0.1) is 0 Å². The number of hydrogen-bond acceptors (Lipinski definition) is 2. The summed E-state index contributed by atoms with van der Waals surface area (Å²) in [6.07, 6.45) is 0. The normalized spacial score (nSPS) is 13.1. The van der Waals surface area contributed by atoms with Crippen molar-refractivity contribution in [1.29, 1.82) is 0 Å². The molecule has 10 aromatic carbocycles. The quantitative estimate of drug-likeness (QED) is 0.163. The maximum absolute atomic E-state index is 6.59. The molecule has 1 aliphatic rings. The summed E-state index contributed by atoms with van der Waals surface area (Å²) in [5.41, 5.74) is 14.9. The molecule has 0 aliphatic heterocycles. The first kappa shape index (κ1) is 33.7. The Balaban J connectivity index is 1.19. The molecule has 0 saturated carbocycles. The van der Waals surface area contributed by atoms with Gasteiger partial charge in [0.05, 0.1) is 5.69 Å². The summed E-state index contributed by atoms with van der Waals surface area (Å²) in [6.45, 7) is 4.72. The van der Waals surface area contributed by atoms with Crippen LogP contribution >= 0.6 is 0 Å². The van der Waals surface area contributed by atoms with Crippen molar-refractivity contribution < 1.29 is 4.42 Å². The Morgan fingerprint density at radius 1 is 0.373 bits per heavy atom. The lowest BCUT2D eigenvalue weighted by molar-refractivity contribution is 0.660. The SMILES string of the molecule is CC1(C)c2ccccc2-c2ccc(N(c3ccc4c(c3)oc3ccccc34)c3cccc(-c4ccc5ccccc5c4)c3-c3cc4ccccc4c4ccccc34)cc21. The molecule has 1 aliphatic carbocycles. The Hall–Kier alpha value is -7.42. The zero-order chi connectivity index (χ0) is 39.2. The fourth-order valence-corrected chi connectivity index (χ4v) is 9.98. The van der Waals surface area contributed by atoms with E-state index in [-0.39, 0.29) is 5.41 Å². The molecule has 59 heavy (non-hydrogen) atoms. The topological polar surface area (TPSA) is 16.4 Å². The van der Waals surface area contributed by atoms with E-state index in [1.54, 1.807) is 0 Å². The van der Waals surface area contributed by atoms with Crippen LogP contribution in [0.4, 0.5) is 17.1 Å². The third kappa shape index (κ3) is 5.13. The molecule has 11 aromatic rings. The number of furan rings is 1. The molecule has 0 unspecified atom stereocenters. The summed E-state index contributed by atoms with van der Waals surface area (Å²) >= 11 is 0. The lowest BCUT2D eigenvalue weighted by Gasteiger charge is -2.31. The van der Waals surface area contributed by atoms with Crippen molar-refractivity contribution in [3.05, 3.63) is 211 Å². The molecular weight excluding hydrogens is 715 g/mol. The highest BCUT2D eigenvalue weighted by atomic mass is 16.3. The fraction of sp³-hybridized carbons (Fsp3) is 0.0526. The van der Waals surface area contributed by atoms with Gasteiger partial charge in [-0.1, -0.05) is 159 Å². The third-order valence-corrected chi connectivity index (χ3v) is 12.8. The predicted octanol–water partition coefficient (Wildman–Crippen LogP) is 16.2. The standard InChI is InChI=1S/C57H39NO/c1-57(2)51-23-11-9-20-46(51)47-30-28-40(34-52(47)57)58(41-29-31-49-48-21-10-12-25-54(48)59-55(49)35-41)53-24-13-22-43(39-27-26-36-14-3-4-15-37(36)32-39)56(53)50-33-38-16-5-6-17-42(38)44-18-7-8-19-45(44)50/h3-35H,1-2H3. The smallest absolute Gasteiger partial charge is 0.137 e. The first-order valence-corrected chi connectivity index (χ1v) is 20.5. The van der Waals surface area contributed by atoms with E-state index >= 15 is 0 Å². The van der Waals surface area contributed by atoms with E-state index in [0.717, 1.165) is 39.0 Å². The first-order valence-electron chi connectivity index (χ1n) is 20.5. The molecule has 1 heterocycles. The Bertz CT molecular complexity index is 3500. The van der Waals surface area contributed by atoms with Gasteiger partial charge in [-0.3, -0.25) is 0 Å². The highest BCUT2D eigenvalue weighted by molar-refractivity contribution is 6.17. The van der Waals surface area contributed by atoms with Gasteiger partial charge in [0.25, 0.3) is 0 Å². The molecule has 0 fully saturated rings. The van der Waals surface area contributed by atoms with Gasteiger partial charge >= 0.3 is 0 Å². The van der Waals surface area contributed by atoms with Gasteiger partial charge in [-0.2, -0.15) is 0 Å². The van der Waals surface area contributed by atoms with Crippen molar-refractivity contribution in [2.45, 2.75) is 19.3 Å². The first-order chi connectivity index (χ1) is 29.0. The molecule has 2 heteroatoms. The fourth-order valence-electron chi connectivity index (χ4n) is 9.98. The average molecular weight is 754 g/mol. The van der Waals surface area contributed by atoms with Crippen LogP contribution in [0.5, 0.6) is 0 Å². The molecule has 0 atom stereocenters. The largest absolute Gasteiger partial charge is 0.456 e. The van der Waals surface area contributed by atoms with E-state index in [0.29, 0.717) is 0 Å². The van der Waals surface area contributed by atoms with Crippen LogP contribution in [0.25, 0.3) is 87.6 Å². The van der Waals surface area contributed by atoms with Gasteiger partial charge in [0.1, 0.15) is 11.2 Å². The van der Waals surface area contributed by atoms with Gasteiger partial charge in [0.15, 0.2) is 0 Å². The number of nitrogens with zero attached hydrogens (tertiary/aromatic N) is 1. The van der Waals surface area contributed by atoms with E-state index in [2.05, 4.69) is 213 Å². The van der Waals surface area contributed by atoms with Crippen LogP contribution in [0.15, 0.2) is 205 Å². The molecular formula is C57H39NO. The molecule has 0 N–H and O–H groups in total. The highest BCUT2D eigenvalue weighted by Crippen LogP contribution is 2.53. The average Bonchev–Trinajstić information content (AvgIpc) is 3.77. The van der Waals surface area contributed by atoms with Gasteiger partial charge in [0.2, 0.25) is 0 Å². The minimum absolute atomic E-state index is 0.166. The molecule has 0 bridgehead atoms. The molecule has 0 spiro atoms.